The first-order valence-corrected chi connectivity index (χ1v) is 25.4. The second-order valence-corrected chi connectivity index (χ2v) is 20.2. The first-order valence-electron chi connectivity index (χ1n) is 25.4. The van der Waals surface area contributed by atoms with E-state index in [0.717, 1.165) is 69.1 Å². The highest BCUT2D eigenvalue weighted by Crippen LogP contribution is 2.42. The Morgan fingerprint density at radius 1 is 0.873 bits per heavy atom. The number of hydrogen-bond acceptors (Lipinski definition) is 12. The van der Waals surface area contributed by atoms with E-state index in [1.165, 1.54) is 48.2 Å². The fourth-order valence-electron chi connectivity index (χ4n) is 10.1. The Balaban J connectivity index is 0.00000110. The summed E-state index contributed by atoms with van der Waals surface area (Å²) in [4.78, 5) is 90.4. The molecule has 0 aliphatic carbocycles. The number of carboxylic acid groups (broad SMARTS) is 1. The Morgan fingerprint density at radius 3 is 2.19 bits per heavy atom. The number of carbonyl (C=O) groups excluding carboxylic acids is 5. The van der Waals surface area contributed by atoms with Crippen LogP contribution in [0.15, 0.2) is 85.2 Å². The van der Waals surface area contributed by atoms with Crippen LogP contribution in [-0.4, -0.2) is 125 Å². The first-order chi connectivity index (χ1) is 37.5. The molecule has 5 heterocycles. The molecule has 6 N–H and O–H groups in total. The van der Waals surface area contributed by atoms with E-state index >= 15 is 8.78 Å². The van der Waals surface area contributed by atoms with E-state index in [1.54, 1.807) is 39.0 Å². The number of hydrogen-bond donors (Lipinski definition) is 5. The summed E-state index contributed by atoms with van der Waals surface area (Å²) in [6, 6.07) is 21.3. The second-order valence-electron chi connectivity index (χ2n) is 20.2. The number of nitrogens with zero attached hydrogens (tertiary/aromatic N) is 5. The van der Waals surface area contributed by atoms with Crippen LogP contribution in [0.3, 0.4) is 0 Å². The van der Waals surface area contributed by atoms with Gasteiger partial charge in [-0.2, -0.15) is 13.2 Å². The average Bonchev–Trinajstić information content (AvgIpc) is 3.87. The number of fused-ring (bicyclic) bond motifs is 1. The normalized spacial score (nSPS) is 15.8. The van der Waals surface area contributed by atoms with E-state index in [4.69, 9.17) is 25.1 Å². The van der Waals surface area contributed by atoms with Crippen LogP contribution in [-0.2, 0) is 31.1 Å². The van der Waals surface area contributed by atoms with Crippen molar-refractivity contribution in [3.8, 4) is 28.3 Å². The monoisotopic (exact) mass is 1100 g/mol. The number of aromatic nitrogens is 3. The Morgan fingerprint density at radius 2 is 1.56 bits per heavy atom. The molecule has 0 unspecified atom stereocenters. The molecule has 0 radical (unpaired) electrons. The number of likely N-dealkylation sites (tertiary alicyclic amines) is 2. The van der Waals surface area contributed by atoms with E-state index in [9.17, 15) is 37.1 Å². The number of benzene rings is 4. The van der Waals surface area contributed by atoms with Gasteiger partial charge in [0.1, 0.15) is 35.0 Å². The van der Waals surface area contributed by atoms with Gasteiger partial charge in [-0.1, -0.05) is 30.3 Å². The van der Waals surface area contributed by atoms with Crippen molar-refractivity contribution in [2.45, 2.75) is 71.1 Å². The molecule has 3 aliphatic heterocycles. The van der Waals surface area contributed by atoms with Crippen molar-refractivity contribution < 1.29 is 65.3 Å². The predicted octanol–water partition coefficient (Wildman–Crippen LogP) is 8.52. The van der Waals surface area contributed by atoms with Crippen LogP contribution in [0.5, 0.6) is 5.75 Å². The number of carbonyl (C=O) groups is 6. The van der Waals surface area contributed by atoms with Gasteiger partial charge in [-0.15, -0.1) is 0 Å². The highest BCUT2D eigenvalue weighted by atomic mass is 19.4. The Bertz CT molecular complexity index is 3310. The number of nitrogens with two attached hydrogens (primary N) is 1. The molecule has 18 nitrogen and oxygen atoms in total. The smallest absolute Gasteiger partial charge is 0.490 e. The zero-order valence-electron chi connectivity index (χ0n) is 43.7. The molecule has 0 bridgehead atoms. The summed E-state index contributed by atoms with van der Waals surface area (Å²) in [5.41, 5.74) is 10.4. The van der Waals surface area contributed by atoms with Gasteiger partial charge in [-0.05, 0) is 142 Å². The maximum atomic E-state index is 15.4. The second kappa shape index (κ2) is 23.3. The number of amides is 5. The summed E-state index contributed by atoms with van der Waals surface area (Å²) in [7, 11) is 1.51. The summed E-state index contributed by atoms with van der Waals surface area (Å²) in [6.07, 6.45) is 1.39. The molecule has 3 fully saturated rings. The number of anilines is 2. The minimum atomic E-state index is -5.08. The molecule has 6 aromatic rings. The third-order valence-electron chi connectivity index (χ3n) is 14.8. The van der Waals surface area contributed by atoms with Crippen LogP contribution in [0.1, 0.15) is 83.4 Å². The van der Waals surface area contributed by atoms with Crippen molar-refractivity contribution in [2.75, 3.05) is 63.1 Å². The minimum Gasteiger partial charge on any atom is -0.495 e. The lowest BCUT2D eigenvalue weighted by Gasteiger charge is -2.47. The van der Waals surface area contributed by atoms with Crippen LogP contribution in [0.2, 0.25) is 0 Å². The number of rotatable bonds is 13. The van der Waals surface area contributed by atoms with Gasteiger partial charge in [0.05, 0.1) is 30.6 Å². The number of imide groups is 1. The fraction of sp³-hybridized carbons (Fsp3) is 0.357. The molecule has 3 saturated heterocycles. The number of nitrogens with one attached hydrogen (secondary N) is 3. The number of carboxylic acids is 1. The topological polar surface area (TPSA) is 242 Å². The number of alkyl halides is 3. The van der Waals surface area contributed by atoms with Crippen LogP contribution < -0.4 is 26.0 Å². The predicted molar refractivity (Wildman–Crippen MR) is 281 cm³/mol. The van der Waals surface area contributed by atoms with Crippen LogP contribution >= 0.6 is 0 Å². The van der Waals surface area contributed by atoms with Crippen molar-refractivity contribution in [3.63, 3.8) is 0 Å². The summed E-state index contributed by atoms with van der Waals surface area (Å²) in [5, 5.41) is 12.8. The first kappa shape index (κ1) is 56.9. The molecule has 1 spiro atoms. The average molecular weight is 1100 g/mol. The number of H-pyrrole nitrogens is 1. The molecular weight excluding hydrogens is 1040 g/mol. The van der Waals surface area contributed by atoms with Gasteiger partial charge >= 0.3 is 24.1 Å². The number of ether oxygens (including phenoxy) is 2. The van der Waals surface area contributed by atoms with E-state index in [0.29, 0.717) is 63.5 Å². The quantitative estimate of drug-likeness (QED) is 0.0539. The van der Waals surface area contributed by atoms with Gasteiger partial charge < -0.3 is 40.4 Å². The lowest BCUT2D eigenvalue weighted by atomic mass is 9.71. The largest absolute Gasteiger partial charge is 0.495 e. The number of aromatic amines is 1. The number of urea groups is 1. The van der Waals surface area contributed by atoms with Crippen molar-refractivity contribution in [1.82, 2.24) is 30.1 Å². The van der Waals surface area contributed by atoms with E-state index in [2.05, 4.69) is 54.8 Å². The van der Waals surface area contributed by atoms with Crippen molar-refractivity contribution in [2.24, 2.45) is 11.1 Å². The van der Waals surface area contributed by atoms with Crippen molar-refractivity contribution in [1.29, 1.82) is 0 Å². The Kier molecular flexibility index (Phi) is 16.8. The van der Waals surface area contributed by atoms with E-state index in [1.807, 2.05) is 11.0 Å². The molecule has 5 amide bonds. The van der Waals surface area contributed by atoms with Gasteiger partial charge in [0.25, 0.3) is 11.8 Å². The highest BCUT2D eigenvalue weighted by Gasteiger charge is 2.40. The number of piperidine rings is 2. The maximum absolute atomic E-state index is 15.4. The van der Waals surface area contributed by atoms with Crippen LogP contribution in [0, 0.1) is 24.0 Å². The summed E-state index contributed by atoms with van der Waals surface area (Å²) in [6.45, 7) is 9.02. The highest BCUT2D eigenvalue weighted by molar-refractivity contribution is 6.08. The number of methoxy groups -OCH3 is 1. The standard InChI is InChI=1S/C54H57F2N9O7.C2HF3O2/c1-32-39(27-37(55)28-42(32)61-50(68)38-11-10-36(26-41(38)56)53(2,3)72-47(67)30-57)48-40-29-43(60-49(40)59-31-58-48)34-7-5-33(6-8-34)13-19-63-21-15-54(16-22-63)17-23-64(24-18-54)51(69)35-9-12-45(71-4)44(25-35)65-20-14-46(66)62-52(65)70;3-2(4,5)1(6)7/h5-12,25-29,31H,13-24,30,57H2,1-4H3,(H,61,68)(H,58,59,60)(H,62,66,70);(H,6,7). The summed E-state index contributed by atoms with van der Waals surface area (Å²) < 4.78 is 73.3. The van der Waals surface area contributed by atoms with Crippen LogP contribution in [0.4, 0.5) is 38.1 Å². The molecule has 9 rings (SSSR count). The Hall–Kier alpha value is -8.31. The van der Waals surface area contributed by atoms with E-state index in [-0.39, 0.29) is 48.0 Å². The molecule has 2 aromatic heterocycles. The van der Waals surface area contributed by atoms with Crippen LogP contribution in [0.25, 0.3) is 33.5 Å². The van der Waals surface area contributed by atoms with Gasteiger partial charge in [-0.3, -0.25) is 29.4 Å². The lowest BCUT2D eigenvalue weighted by molar-refractivity contribution is -0.192. The number of halogens is 5. The van der Waals surface area contributed by atoms with Gasteiger partial charge in [0.15, 0.2) is 0 Å². The minimum absolute atomic E-state index is 0.0797. The fourth-order valence-corrected chi connectivity index (χ4v) is 10.1. The lowest BCUT2D eigenvalue weighted by Crippen LogP contribution is -2.50. The SMILES string of the molecule is COc1ccc(C(=O)N2CCC3(CCN(CCc4ccc(-c5cc6c(-c7cc(F)cc(NC(=O)c8ccc(C(C)(C)OC(=O)CN)cc8F)c7C)ncnc6[nH]5)cc4)CC3)CC2)cc1N1CCC(=O)NC1=O.O=C(O)C(F)(F)F. The van der Waals surface area contributed by atoms with Gasteiger partial charge in [0, 0.05) is 60.5 Å². The third-order valence-corrected chi connectivity index (χ3v) is 14.8. The van der Waals surface area contributed by atoms with Gasteiger partial charge in [-0.25, -0.2) is 28.3 Å². The zero-order valence-corrected chi connectivity index (χ0v) is 43.7. The molecule has 3 aliphatic rings. The van der Waals surface area contributed by atoms with Gasteiger partial charge in [0.2, 0.25) is 5.91 Å². The molecular formula is C56H58F5N9O9. The number of esters is 1. The van der Waals surface area contributed by atoms with E-state index < -0.39 is 47.3 Å². The van der Waals surface area contributed by atoms with Crippen molar-refractivity contribution in [3.05, 3.63) is 125 Å². The summed E-state index contributed by atoms with van der Waals surface area (Å²) in [5.74, 6) is -5.64. The molecule has 4 aromatic carbocycles. The molecule has 23 heteroatoms. The molecule has 0 atom stereocenters. The zero-order chi connectivity index (χ0) is 57.0. The van der Waals surface area contributed by atoms with Crippen molar-refractivity contribution >= 4 is 58.1 Å². The Labute approximate surface area is 450 Å². The third kappa shape index (κ3) is 13.0. The summed E-state index contributed by atoms with van der Waals surface area (Å²) >= 11 is 0. The molecule has 79 heavy (non-hydrogen) atoms. The molecule has 416 valence electrons. The molecule has 0 saturated carbocycles. The number of aliphatic carboxylic acids is 1. The maximum Gasteiger partial charge on any atom is 0.490 e.